The molecule has 1 saturated heterocycles. The molecule has 162 valence electrons. The lowest BCUT2D eigenvalue weighted by molar-refractivity contribution is -0.113. The van der Waals surface area contributed by atoms with Gasteiger partial charge < -0.3 is 24.8 Å². The van der Waals surface area contributed by atoms with E-state index in [0.29, 0.717) is 24.3 Å². The molecule has 4 rings (SSSR count). The molecule has 6 heteroatoms. The number of hydrogen-bond donors (Lipinski definition) is 3. The molecule has 0 bridgehead atoms. The number of halogens is 1. The van der Waals surface area contributed by atoms with Crippen LogP contribution >= 0.6 is 11.6 Å². The van der Waals surface area contributed by atoms with Crippen LogP contribution in [0.2, 0.25) is 5.02 Å². The largest absolute Gasteiger partial charge is 0.488 e. The van der Waals surface area contributed by atoms with Crippen LogP contribution in [0, 0.1) is 0 Å². The van der Waals surface area contributed by atoms with Gasteiger partial charge in [-0.2, -0.15) is 0 Å². The maximum atomic E-state index is 10.1. The van der Waals surface area contributed by atoms with E-state index in [4.69, 9.17) is 21.1 Å². The quantitative estimate of drug-likeness (QED) is 0.647. The molecule has 30 heavy (non-hydrogen) atoms. The van der Waals surface area contributed by atoms with E-state index in [0.717, 1.165) is 41.7 Å². The summed E-state index contributed by atoms with van der Waals surface area (Å²) < 4.78 is 11.8. The first kappa shape index (κ1) is 21.6. The summed E-state index contributed by atoms with van der Waals surface area (Å²) in [6, 6.07) is 13.7. The topological polar surface area (TPSA) is 79.2 Å². The molecule has 1 saturated carbocycles. The number of ether oxygens (including phenoxy) is 2. The average molecular weight is 433 g/mol. The molecule has 2 fully saturated rings. The predicted molar refractivity (Wildman–Crippen MR) is 115 cm³/mol. The number of benzene rings is 2. The minimum Gasteiger partial charge on any atom is -0.488 e. The zero-order valence-corrected chi connectivity index (χ0v) is 17.7. The molecule has 0 amide bonds. The molecule has 0 aromatic heterocycles. The van der Waals surface area contributed by atoms with Crippen LogP contribution in [0.1, 0.15) is 54.9 Å². The van der Waals surface area contributed by atoms with Crippen LogP contribution in [0.3, 0.4) is 0 Å². The molecule has 2 aromatic rings. The maximum Gasteiger partial charge on any atom is 0.124 e. The molecule has 2 aliphatic rings. The van der Waals surface area contributed by atoms with Crippen molar-refractivity contribution in [2.75, 3.05) is 6.61 Å². The summed E-state index contributed by atoms with van der Waals surface area (Å²) in [6.45, 7) is -0.0969. The molecule has 5 atom stereocenters. The van der Waals surface area contributed by atoms with Gasteiger partial charge >= 0.3 is 0 Å². The van der Waals surface area contributed by atoms with Crippen molar-refractivity contribution in [2.45, 2.75) is 69.0 Å². The summed E-state index contributed by atoms with van der Waals surface area (Å²) >= 11 is 6.45. The minimum absolute atomic E-state index is 0.0969. The van der Waals surface area contributed by atoms with Gasteiger partial charge in [0.1, 0.15) is 11.9 Å². The van der Waals surface area contributed by atoms with E-state index in [1.165, 1.54) is 0 Å². The SMILES string of the molecule is OC[C@@H]1C[C@H](O)C[C@H](c2ccc(Cl)c(Cc3ccc(O[C@@H]4CCC[C@@H]4O)cc3)c2)O1. The summed E-state index contributed by atoms with van der Waals surface area (Å²) in [5.41, 5.74) is 3.05. The Hall–Kier alpha value is -1.63. The fraction of sp³-hybridized carbons (Fsp3) is 0.500. The Morgan fingerprint density at radius 2 is 1.83 bits per heavy atom. The fourth-order valence-electron chi connectivity index (χ4n) is 4.38. The van der Waals surface area contributed by atoms with E-state index < -0.39 is 6.10 Å². The van der Waals surface area contributed by atoms with Crippen molar-refractivity contribution >= 4 is 11.6 Å². The lowest BCUT2D eigenvalue weighted by Crippen LogP contribution is -2.33. The molecule has 0 unspecified atom stereocenters. The van der Waals surface area contributed by atoms with Crippen LogP contribution in [0.4, 0.5) is 0 Å². The van der Waals surface area contributed by atoms with Crippen molar-refractivity contribution in [1.82, 2.24) is 0 Å². The second-order valence-electron chi connectivity index (χ2n) is 8.38. The van der Waals surface area contributed by atoms with Crippen LogP contribution < -0.4 is 4.74 Å². The van der Waals surface area contributed by atoms with Crippen molar-refractivity contribution in [3.8, 4) is 5.75 Å². The molecule has 2 aromatic carbocycles. The highest BCUT2D eigenvalue weighted by Crippen LogP contribution is 2.34. The Morgan fingerprint density at radius 3 is 2.53 bits per heavy atom. The van der Waals surface area contributed by atoms with Crippen LogP contribution in [0.5, 0.6) is 5.75 Å². The zero-order valence-electron chi connectivity index (χ0n) is 16.9. The fourth-order valence-corrected chi connectivity index (χ4v) is 4.56. The molecule has 0 spiro atoms. The van der Waals surface area contributed by atoms with Crippen molar-refractivity contribution in [3.63, 3.8) is 0 Å². The second-order valence-corrected chi connectivity index (χ2v) is 8.79. The molecule has 5 nitrogen and oxygen atoms in total. The van der Waals surface area contributed by atoms with Gasteiger partial charge in [-0.15, -0.1) is 0 Å². The van der Waals surface area contributed by atoms with Gasteiger partial charge in [0.05, 0.1) is 31.0 Å². The molecule has 1 heterocycles. The van der Waals surface area contributed by atoms with Crippen LogP contribution in [-0.2, 0) is 11.2 Å². The maximum absolute atomic E-state index is 10.1. The smallest absolute Gasteiger partial charge is 0.124 e. The van der Waals surface area contributed by atoms with E-state index in [1.807, 2.05) is 42.5 Å². The first-order chi connectivity index (χ1) is 14.5. The van der Waals surface area contributed by atoms with Gasteiger partial charge in [0.25, 0.3) is 0 Å². The van der Waals surface area contributed by atoms with Gasteiger partial charge in [-0.1, -0.05) is 35.9 Å². The van der Waals surface area contributed by atoms with Crippen molar-refractivity contribution in [1.29, 1.82) is 0 Å². The molecule has 1 aliphatic heterocycles. The van der Waals surface area contributed by atoms with Crippen molar-refractivity contribution in [3.05, 3.63) is 64.2 Å². The Bertz CT molecular complexity index is 840. The zero-order chi connectivity index (χ0) is 21.1. The molecular formula is C24H29ClO5. The summed E-state index contributed by atoms with van der Waals surface area (Å²) in [5.74, 6) is 0.768. The normalized spacial score (nSPS) is 29.1. The van der Waals surface area contributed by atoms with Gasteiger partial charge in [-0.3, -0.25) is 0 Å². The number of aliphatic hydroxyl groups excluding tert-OH is 3. The summed E-state index contributed by atoms with van der Waals surface area (Å²) in [6.07, 6.45) is 2.75. The third-order valence-electron chi connectivity index (χ3n) is 6.05. The van der Waals surface area contributed by atoms with Crippen molar-refractivity contribution in [2.24, 2.45) is 0 Å². The van der Waals surface area contributed by atoms with Crippen LogP contribution in [0.15, 0.2) is 42.5 Å². The highest BCUT2D eigenvalue weighted by molar-refractivity contribution is 6.31. The van der Waals surface area contributed by atoms with E-state index in [9.17, 15) is 15.3 Å². The van der Waals surface area contributed by atoms with E-state index in [1.54, 1.807) is 0 Å². The summed E-state index contributed by atoms with van der Waals surface area (Å²) in [7, 11) is 0. The van der Waals surface area contributed by atoms with Crippen LogP contribution in [0.25, 0.3) is 0 Å². The number of hydrogen-bond acceptors (Lipinski definition) is 5. The van der Waals surface area contributed by atoms with Gasteiger partial charge in [-0.25, -0.2) is 0 Å². The highest BCUT2D eigenvalue weighted by Gasteiger charge is 2.29. The highest BCUT2D eigenvalue weighted by atomic mass is 35.5. The van der Waals surface area contributed by atoms with E-state index >= 15 is 0 Å². The van der Waals surface area contributed by atoms with Crippen LogP contribution in [-0.4, -0.2) is 46.3 Å². The molecular weight excluding hydrogens is 404 g/mol. The standard InChI is InChI=1S/C24H29ClO5/c25-21-9-6-16(24-13-18(27)12-20(14-26)30-24)11-17(21)10-15-4-7-19(8-5-15)29-23-3-1-2-22(23)28/h4-9,11,18,20,22-24,26-28H,1-3,10,12-14H2/t18-,20-,22-,23+,24+/m0/s1. The van der Waals surface area contributed by atoms with Gasteiger partial charge in [0.15, 0.2) is 0 Å². The Labute approximate surface area is 182 Å². The van der Waals surface area contributed by atoms with Gasteiger partial charge in [0.2, 0.25) is 0 Å². The van der Waals surface area contributed by atoms with Gasteiger partial charge in [0, 0.05) is 17.9 Å². The lowest BCUT2D eigenvalue weighted by Gasteiger charge is -2.32. The molecule has 3 N–H and O–H groups in total. The molecule has 1 aliphatic carbocycles. The van der Waals surface area contributed by atoms with Crippen molar-refractivity contribution < 1.29 is 24.8 Å². The third-order valence-corrected chi connectivity index (χ3v) is 6.41. The van der Waals surface area contributed by atoms with E-state index in [2.05, 4.69) is 0 Å². The third kappa shape index (κ3) is 5.16. The lowest BCUT2D eigenvalue weighted by atomic mass is 9.94. The van der Waals surface area contributed by atoms with Gasteiger partial charge in [-0.05, 0) is 60.6 Å². The Kier molecular flexibility index (Phi) is 6.96. The monoisotopic (exact) mass is 432 g/mol. The predicted octanol–water partition coefficient (Wildman–Crippen LogP) is 3.80. The summed E-state index contributed by atoms with van der Waals surface area (Å²) in [5, 5.41) is 30.1. The first-order valence-corrected chi connectivity index (χ1v) is 11.1. The first-order valence-electron chi connectivity index (χ1n) is 10.7. The molecule has 0 radical (unpaired) electrons. The summed E-state index contributed by atoms with van der Waals surface area (Å²) in [4.78, 5) is 0. The number of aliphatic hydroxyl groups is 3. The van der Waals surface area contributed by atoms with E-state index in [-0.39, 0.29) is 31.0 Å². The Balaban J connectivity index is 1.44. The Morgan fingerprint density at radius 1 is 1.03 bits per heavy atom. The number of rotatable bonds is 6. The minimum atomic E-state index is -0.481. The second kappa shape index (κ2) is 9.67. The average Bonchev–Trinajstić information content (AvgIpc) is 3.15.